The van der Waals surface area contributed by atoms with Crippen molar-refractivity contribution < 1.29 is 14.3 Å². The van der Waals surface area contributed by atoms with Crippen LogP contribution in [0, 0.1) is 5.41 Å². The highest BCUT2D eigenvalue weighted by Gasteiger charge is 2.28. The number of carbonyl (C=O) groups is 1. The van der Waals surface area contributed by atoms with Crippen LogP contribution >= 0.6 is 0 Å². The second-order valence-corrected chi connectivity index (χ2v) is 5.44. The van der Waals surface area contributed by atoms with Gasteiger partial charge in [0.25, 0.3) is 5.91 Å². The first-order valence-corrected chi connectivity index (χ1v) is 7.83. The number of nitrogens with zero attached hydrogens (tertiary/aromatic N) is 1. The number of benzene rings is 1. The van der Waals surface area contributed by atoms with Crippen LogP contribution in [0.3, 0.4) is 0 Å². The van der Waals surface area contributed by atoms with E-state index < -0.39 is 0 Å². The Bertz CT molecular complexity index is 531. The second kappa shape index (κ2) is 7.82. The molecule has 0 saturated carbocycles. The average Bonchev–Trinajstić information content (AvgIpc) is 3.03. The fourth-order valence-electron chi connectivity index (χ4n) is 2.63. The molecule has 22 heavy (non-hydrogen) atoms. The number of carbonyl (C=O) groups excluding carboxylic acids is 1. The lowest BCUT2D eigenvalue weighted by Gasteiger charge is -2.22. The van der Waals surface area contributed by atoms with Gasteiger partial charge in [0, 0.05) is 18.3 Å². The Balaban J connectivity index is 2.14. The van der Waals surface area contributed by atoms with Crippen molar-refractivity contribution in [1.82, 2.24) is 4.90 Å². The number of hydrogen-bond donors (Lipinski definition) is 1. The third-order valence-corrected chi connectivity index (χ3v) is 3.92. The van der Waals surface area contributed by atoms with Crippen molar-refractivity contribution in [2.45, 2.75) is 38.6 Å². The molecule has 2 rings (SSSR count). The van der Waals surface area contributed by atoms with E-state index in [1.54, 1.807) is 30.2 Å². The van der Waals surface area contributed by atoms with Gasteiger partial charge in [-0.1, -0.05) is 13.3 Å². The highest BCUT2D eigenvalue weighted by Crippen LogP contribution is 2.29. The smallest absolute Gasteiger partial charge is 0.254 e. The number of likely N-dealkylation sites (tertiary alicyclic amines) is 1. The Kier molecular flexibility index (Phi) is 5.81. The van der Waals surface area contributed by atoms with E-state index in [-0.39, 0.29) is 11.9 Å². The molecule has 0 aromatic heterocycles. The third kappa shape index (κ3) is 3.59. The van der Waals surface area contributed by atoms with Crippen LogP contribution in [-0.4, -0.2) is 43.3 Å². The lowest BCUT2D eigenvalue weighted by Crippen LogP contribution is -2.36. The number of rotatable bonds is 7. The molecule has 1 N–H and O–H groups in total. The van der Waals surface area contributed by atoms with Gasteiger partial charge in [-0.25, -0.2) is 0 Å². The van der Waals surface area contributed by atoms with Crippen LogP contribution < -0.4 is 9.47 Å². The van der Waals surface area contributed by atoms with Gasteiger partial charge in [0.15, 0.2) is 11.5 Å². The summed E-state index contributed by atoms with van der Waals surface area (Å²) < 4.78 is 11.0. The van der Waals surface area contributed by atoms with Gasteiger partial charge in [-0.3, -0.25) is 4.79 Å². The molecule has 5 heteroatoms. The molecule has 1 aliphatic rings. The summed E-state index contributed by atoms with van der Waals surface area (Å²) >= 11 is 0. The Labute approximate surface area is 131 Å². The summed E-state index contributed by atoms with van der Waals surface area (Å²) in [6.07, 6.45) is 5.22. The third-order valence-electron chi connectivity index (χ3n) is 3.92. The molecule has 1 heterocycles. The molecule has 0 bridgehead atoms. The second-order valence-electron chi connectivity index (χ2n) is 5.44. The summed E-state index contributed by atoms with van der Waals surface area (Å²) in [6, 6.07) is 5.20. The van der Waals surface area contributed by atoms with E-state index in [1.165, 1.54) is 6.21 Å². The number of amides is 1. The number of methoxy groups -OCH3 is 1. The van der Waals surface area contributed by atoms with Gasteiger partial charge in [0.2, 0.25) is 0 Å². The van der Waals surface area contributed by atoms with Gasteiger partial charge >= 0.3 is 0 Å². The predicted octanol–water partition coefficient (Wildman–Crippen LogP) is 3.13. The largest absolute Gasteiger partial charge is 0.493 e. The maximum Gasteiger partial charge on any atom is 0.254 e. The molecule has 5 nitrogen and oxygen atoms in total. The SMILES string of the molecule is CCCCOc1ccc(C(=O)N2CCC[C@H]2C=N)cc1OC. The van der Waals surface area contributed by atoms with E-state index >= 15 is 0 Å². The summed E-state index contributed by atoms with van der Waals surface area (Å²) in [5.41, 5.74) is 0.577. The number of ether oxygens (including phenoxy) is 2. The van der Waals surface area contributed by atoms with Crippen LogP contribution in [-0.2, 0) is 0 Å². The molecule has 120 valence electrons. The molecule has 1 aromatic rings. The molecule has 1 atom stereocenters. The first-order chi connectivity index (χ1) is 10.7. The molecule has 1 aromatic carbocycles. The van der Waals surface area contributed by atoms with Gasteiger partial charge in [0.05, 0.1) is 19.8 Å². The van der Waals surface area contributed by atoms with E-state index in [4.69, 9.17) is 14.9 Å². The summed E-state index contributed by atoms with van der Waals surface area (Å²) in [4.78, 5) is 14.3. The fraction of sp³-hybridized carbons (Fsp3) is 0.529. The molecular formula is C17H24N2O3. The molecular weight excluding hydrogens is 280 g/mol. The van der Waals surface area contributed by atoms with E-state index in [1.807, 2.05) is 0 Å². The molecule has 1 aliphatic heterocycles. The Morgan fingerprint density at radius 2 is 2.27 bits per heavy atom. The fourth-order valence-corrected chi connectivity index (χ4v) is 2.63. The zero-order valence-electron chi connectivity index (χ0n) is 13.3. The maximum atomic E-state index is 12.6. The molecule has 1 amide bonds. The lowest BCUT2D eigenvalue weighted by atomic mass is 10.1. The van der Waals surface area contributed by atoms with Crippen molar-refractivity contribution in [2.24, 2.45) is 0 Å². The minimum atomic E-state index is -0.0843. The predicted molar refractivity (Wildman–Crippen MR) is 86.2 cm³/mol. The molecule has 1 fully saturated rings. The van der Waals surface area contributed by atoms with Crippen LogP contribution in [0.15, 0.2) is 18.2 Å². The van der Waals surface area contributed by atoms with Gasteiger partial charge in [0.1, 0.15) is 0 Å². The van der Waals surface area contributed by atoms with Crippen molar-refractivity contribution in [2.75, 3.05) is 20.3 Å². The summed E-state index contributed by atoms with van der Waals surface area (Å²) in [6.45, 7) is 3.45. The summed E-state index contributed by atoms with van der Waals surface area (Å²) in [7, 11) is 1.58. The van der Waals surface area contributed by atoms with Crippen LogP contribution in [0.1, 0.15) is 43.0 Å². The van der Waals surface area contributed by atoms with Crippen molar-refractivity contribution in [1.29, 1.82) is 5.41 Å². The number of unbranched alkanes of at least 4 members (excludes halogenated alkanes) is 1. The molecule has 0 aliphatic carbocycles. The van der Waals surface area contributed by atoms with Crippen LogP contribution in [0.25, 0.3) is 0 Å². The van der Waals surface area contributed by atoms with Crippen LogP contribution in [0.4, 0.5) is 0 Å². The lowest BCUT2D eigenvalue weighted by molar-refractivity contribution is 0.0771. The minimum Gasteiger partial charge on any atom is -0.493 e. The topological polar surface area (TPSA) is 62.6 Å². The van der Waals surface area contributed by atoms with Crippen molar-refractivity contribution in [3.63, 3.8) is 0 Å². The van der Waals surface area contributed by atoms with Gasteiger partial charge < -0.3 is 19.8 Å². The van der Waals surface area contributed by atoms with Crippen molar-refractivity contribution in [3.8, 4) is 11.5 Å². The highest BCUT2D eigenvalue weighted by atomic mass is 16.5. The standard InChI is InChI=1S/C17H24N2O3/c1-3-4-10-22-15-8-7-13(11-16(15)21-2)17(20)19-9-5-6-14(19)12-18/h7-8,11-12,14,18H,3-6,9-10H2,1-2H3/t14-/m0/s1. The highest BCUT2D eigenvalue weighted by molar-refractivity contribution is 5.96. The number of hydrogen-bond acceptors (Lipinski definition) is 4. The van der Waals surface area contributed by atoms with Crippen LogP contribution in [0.2, 0.25) is 0 Å². The summed E-state index contributed by atoms with van der Waals surface area (Å²) in [5, 5.41) is 7.43. The number of nitrogens with one attached hydrogen (secondary N) is 1. The first kappa shape index (κ1) is 16.3. The maximum absolute atomic E-state index is 12.6. The first-order valence-electron chi connectivity index (χ1n) is 7.83. The normalized spacial score (nSPS) is 17.4. The van der Waals surface area contributed by atoms with Crippen LogP contribution in [0.5, 0.6) is 11.5 Å². The molecule has 0 radical (unpaired) electrons. The quantitative estimate of drug-likeness (QED) is 0.622. The molecule has 0 unspecified atom stereocenters. The molecule has 1 saturated heterocycles. The van der Waals surface area contributed by atoms with Gasteiger partial charge in [-0.05, 0) is 37.5 Å². The monoisotopic (exact) mass is 304 g/mol. The molecule has 0 spiro atoms. The van der Waals surface area contributed by atoms with Gasteiger partial charge in [-0.15, -0.1) is 0 Å². The van der Waals surface area contributed by atoms with E-state index in [9.17, 15) is 4.79 Å². The Morgan fingerprint density at radius 1 is 1.45 bits per heavy atom. The van der Waals surface area contributed by atoms with E-state index in [0.717, 1.165) is 25.7 Å². The van der Waals surface area contributed by atoms with E-state index in [0.29, 0.717) is 30.2 Å². The van der Waals surface area contributed by atoms with Crippen molar-refractivity contribution in [3.05, 3.63) is 23.8 Å². The van der Waals surface area contributed by atoms with Gasteiger partial charge in [-0.2, -0.15) is 0 Å². The minimum absolute atomic E-state index is 0.0515. The zero-order chi connectivity index (χ0) is 15.9. The Hall–Kier alpha value is -2.04. The van der Waals surface area contributed by atoms with Crippen molar-refractivity contribution >= 4 is 12.1 Å². The Morgan fingerprint density at radius 3 is 2.95 bits per heavy atom. The zero-order valence-corrected chi connectivity index (χ0v) is 13.3. The summed E-state index contributed by atoms with van der Waals surface area (Å²) in [5.74, 6) is 1.19. The average molecular weight is 304 g/mol. The van der Waals surface area contributed by atoms with E-state index in [2.05, 4.69) is 6.92 Å².